The van der Waals surface area contributed by atoms with Crippen LogP contribution in [0.3, 0.4) is 0 Å². The average Bonchev–Trinajstić information content (AvgIpc) is 2.28. The van der Waals surface area contributed by atoms with Gasteiger partial charge in [-0.1, -0.05) is 12.1 Å². The summed E-state index contributed by atoms with van der Waals surface area (Å²) in [6.07, 6.45) is 0.747. The Labute approximate surface area is 105 Å². The molecule has 7 heteroatoms. The van der Waals surface area contributed by atoms with Crippen LogP contribution in [0.4, 0.5) is 4.39 Å². The lowest BCUT2D eigenvalue weighted by molar-refractivity contribution is -0.137. The lowest BCUT2D eigenvalue weighted by Crippen LogP contribution is -2.25. The van der Waals surface area contributed by atoms with Gasteiger partial charge in [-0.3, -0.25) is 4.79 Å². The van der Waals surface area contributed by atoms with Gasteiger partial charge in [0.1, 0.15) is 10.7 Å². The van der Waals surface area contributed by atoms with Gasteiger partial charge in [0.15, 0.2) is 0 Å². The van der Waals surface area contributed by atoms with Crippen LogP contribution in [0.15, 0.2) is 29.2 Å². The van der Waals surface area contributed by atoms with Crippen molar-refractivity contribution in [1.29, 1.82) is 0 Å². The van der Waals surface area contributed by atoms with Crippen molar-refractivity contribution < 1.29 is 22.7 Å². The van der Waals surface area contributed by atoms with Gasteiger partial charge in [-0.2, -0.15) is 0 Å². The molecule has 2 N–H and O–H groups in total. The molecule has 0 unspecified atom stereocenters. The van der Waals surface area contributed by atoms with Crippen molar-refractivity contribution in [1.82, 2.24) is 4.72 Å². The van der Waals surface area contributed by atoms with Crippen molar-refractivity contribution >= 4 is 16.0 Å². The number of nitrogens with one attached hydrogen (secondary N) is 1. The molecule has 100 valence electrons. The van der Waals surface area contributed by atoms with Gasteiger partial charge in [0, 0.05) is 13.0 Å². The number of carbonyl (C=O) groups is 1. The minimum absolute atomic E-state index is 0.0125. The van der Waals surface area contributed by atoms with E-state index in [1.165, 1.54) is 18.2 Å². The normalized spacial score (nSPS) is 11.4. The third-order valence-corrected chi connectivity index (χ3v) is 3.73. The van der Waals surface area contributed by atoms with E-state index >= 15 is 0 Å². The zero-order chi connectivity index (χ0) is 13.6. The van der Waals surface area contributed by atoms with Gasteiger partial charge >= 0.3 is 5.97 Å². The Kier molecular flexibility index (Phi) is 5.24. The standard InChI is InChI=1S/C11H14FNO4S/c12-9-5-1-2-6-10(9)18(16,17)13-8-4-3-7-11(14)15/h1-2,5-6,13H,3-4,7-8H2,(H,14,15). The number of aliphatic carboxylic acids is 1. The molecule has 0 aliphatic heterocycles. The molecule has 0 aromatic heterocycles. The molecule has 0 amide bonds. The van der Waals surface area contributed by atoms with Gasteiger partial charge in [0.25, 0.3) is 0 Å². The Morgan fingerprint density at radius 2 is 1.94 bits per heavy atom. The quantitative estimate of drug-likeness (QED) is 0.736. The van der Waals surface area contributed by atoms with Crippen molar-refractivity contribution in [3.63, 3.8) is 0 Å². The van der Waals surface area contributed by atoms with Crippen molar-refractivity contribution in [2.75, 3.05) is 6.54 Å². The predicted molar refractivity (Wildman–Crippen MR) is 63.1 cm³/mol. The summed E-state index contributed by atoms with van der Waals surface area (Å²) in [4.78, 5) is 9.84. The number of hydrogen-bond donors (Lipinski definition) is 2. The van der Waals surface area contributed by atoms with Crippen LogP contribution in [-0.4, -0.2) is 26.0 Å². The van der Waals surface area contributed by atoms with Crippen LogP contribution < -0.4 is 4.72 Å². The maximum atomic E-state index is 13.3. The highest BCUT2D eigenvalue weighted by Crippen LogP contribution is 2.12. The topological polar surface area (TPSA) is 83.5 Å². The number of carboxylic acid groups (broad SMARTS) is 1. The van der Waals surface area contributed by atoms with Gasteiger partial charge in [-0.15, -0.1) is 0 Å². The minimum atomic E-state index is -3.86. The smallest absolute Gasteiger partial charge is 0.303 e. The molecule has 0 aliphatic rings. The summed E-state index contributed by atoms with van der Waals surface area (Å²) in [6, 6.07) is 5.08. The lowest BCUT2D eigenvalue weighted by atomic mass is 10.2. The highest BCUT2D eigenvalue weighted by molar-refractivity contribution is 7.89. The second-order valence-electron chi connectivity index (χ2n) is 3.68. The van der Waals surface area contributed by atoms with Crippen LogP contribution in [0.5, 0.6) is 0 Å². The molecule has 0 saturated carbocycles. The second-order valence-corrected chi connectivity index (χ2v) is 5.41. The first-order valence-electron chi connectivity index (χ1n) is 5.39. The molecule has 0 bridgehead atoms. The molecule has 0 spiro atoms. The molecule has 5 nitrogen and oxygen atoms in total. The Bertz CT molecular complexity index is 516. The fourth-order valence-electron chi connectivity index (χ4n) is 1.35. The van der Waals surface area contributed by atoms with Gasteiger partial charge in [-0.25, -0.2) is 17.5 Å². The molecule has 0 atom stereocenters. The van der Waals surface area contributed by atoms with E-state index in [2.05, 4.69) is 4.72 Å². The number of rotatable bonds is 7. The third kappa shape index (κ3) is 4.42. The number of hydrogen-bond acceptors (Lipinski definition) is 3. The van der Waals surface area contributed by atoms with Gasteiger partial charge in [0.05, 0.1) is 0 Å². The summed E-state index contributed by atoms with van der Waals surface area (Å²) in [6.45, 7) is 0.0872. The molecule has 0 heterocycles. The van der Waals surface area contributed by atoms with Crippen LogP contribution in [0, 0.1) is 5.82 Å². The summed E-state index contributed by atoms with van der Waals surface area (Å²) < 4.78 is 38.9. The highest BCUT2D eigenvalue weighted by Gasteiger charge is 2.17. The Balaban J connectivity index is 2.51. The van der Waals surface area contributed by atoms with Crippen LogP contribution in [-0.2, 0) is 14.8 Å². The number of benzene rings is 1. The van der Waals surface area contributed by atoms with E-state index in [1.807, 2.05) is 0 Å². The lowest BCUT2D eigenvalue weighted by Gasteiger charge is -2.06. The molecule has 1 rings (SSSR count). The zero-order valence-corrected chi connectivity index (χ0v) is 10.4. The van der Waals surface area contributed by atoms with Crippen LogP contribution in [0.2, 0.25) is 0 Å². The minimum Gasteiger partial charge on any atom is -0.481 e. The third-order valence-electron chi connectivity index (χ3n) is 2.24. The van der Waals surface area contributed by atoms with E-state index in [0.717, 1.165) is 6.07 Å². The Morgan fingerprint density at radius 1 is 1.28 bits per heavy atom. The Morgan fingerprint density at radius 3 is 2.56 bits per heavy atom. The van der Waals surface area contributed by atoms with Crippen molar-refractivity contribution in [3.05, 3.63) is 30.1 Å². The van der Waals surface area contributed by atoms with Gasteiger partial charge in [-0.05, 0) is 25.0 Å². The van der Waals surface area contributed by atoms with Gasteiger partial charge < -0.3 is 5.11 Å². The van der Waals surface area contributed by atoms with E-state index in [-0.39, 0.29) is 13.0 Å². The predicted octanol–water partition coefficient (Wildman–Crippen LogP) is 1.36. The first-order chi connectivity index (χ1) is 8.43. The van der Waals surface area contributed by atoms with Crippen molar-refractivity contribution in [3.8, 4) is 0 Å². The summed E-state index contributed by atoms with van der Waals surface area (Å²) in [5, 5.41) is 8.40. The SMILES string of the molecule is O=C(O)CCCCNS(=O)(=O)c1ccccc1F. The zero-order valence-electron chi connectivity index (χ0n) is 9.60. The molecular weight excluding hydrogens is 261 g/mol. The monoisotopic (exact) mass is 275 g/mol. The first-order valence-corrected chi connectivity index (χ1v) is 6.88. The number of sulfonamides is 1. The van der Waals surface area contributed by atoms with Crippen molar-refractivity contribution in [2.45, 2.75) is 24.2 Å². The summed E-state index contributed by atoms with van der Waals surface area (Å²) in [5.74, 6) is -1.73. The van der Waals surface area contributed by atoms with Crippen LogP contribution in [0.25, 0.3) is 0 Å². The fraction of sp³-hybridized carbons (Fsp3) is 0.364. The van der Waals surface area contributed by atoms with Crippen LogP contribution >= 0.6 is 0 Å². The van der Waals surface area contributed by atoms with E-state index < -0.39 is 26.7 Å². The molecule has 1 aromatic carbocycles. The summed E-state index contributed by atoms with van der Waals surface area (Å²) in [7, 11) is -3.86. The van der Waals surface area contributed by atoms with E-state index in [4.69, 9.17) is 5.11 Å². The van der Waals surface area contributed by atoms with E-state index in [0.29, 0.717) is 12.8 Å². The molecule has 0 saturated heterocycles. The van der Waals surface area contributed by atoms with Crippen LogP contribution in [0.1, 0.15) is 19.3 Å². The Hall–Kier alpha value is -1.47. The fourth-order valence-corrected chi connectivity index (χ4v) is 2.50. The molecule has 0 radical (unpaired) electrons. The maximum absolute atomic E-state index is 13.3. The van der Waals surface area contributed by atoms with E-state index in [9.17, 15) is 17.6 Å². The molecule has 18 heavy (non-hydrogen) atoms. The maximum Gasteiger partial charge on any atom is 0.303 e. The highest BCUT2D eigenvalue weighted by atomic mass is 32.2. The molecule has 0 aliphatic carbocycles. The number of halogens is 1. The first kappa shape index (κ1) is 14.6. The van der Waals surface area contributed by atoms with Gasteiger partial charge in [0.2, 0.25) is 10.0 Å². The summed E-state index contributed by atoms with van der Waals surface area (Å²) in [5.41, 5.74) is 0. The molecule has 0 fully saturated rings. The van der Waals surface area contributed by atoms with Crippen molar-refractivity contribution in [2.24, 2.45) is 0 Å². The number of carboxylic acids is 1. The summed E-state index contributed by atoms with van der Waals surface area (Å²) >= 11 is 0. The molecule has 1 aromatic rings. The largest absolute Gasteiger partial charge is 0.481 e. The van der Waals surface area contributed by atoms with E-state index in [1.54, 1.807) is 0 Å². The molecular formula is C11H14FNO4S. The number of unbranched alkanes of at least 4 members (excludes halogenated alkanes) is 1. The second kappa shape index (κ2) is 6.46. The average molecular weight is 275 g/mol.